The van der Waals surface area contributed by atoms with Crippen LogP contribution in [-0.4, -0.2) is 11.0 Å². The molecule has 2 aromatic carbocycles. The van der Waals surface area contributed by atoms with Crippen LogP contribution in [0, 0.1) is 11.3 Å². The number of rotatable bonds is 10. The molecule has 31 heavy (non-hydrogen) atoms. The molecule has 0 bridgehead atoms. The first-order valence-corrected chi connectivity index (χ1v) is 10.9. The van der Waals surface area contributed by atoms with E-state index in [-0.39, 0.29) is 5.97 Å². The van der Waals surface area contributed by atoms with Crippen molar-refractivity contribution in [3.8, 4) is 11.8 Å². The summed E-state index contributed by atoms with van der Waals surface area (Å²) in [5.41, 5.74) is 4.54. The largest absolute Gasteiger partial charge is 0.421 e. The molecule has 0 amide bonds. The lowest BCUT2D eigenvalue weighted by atomic mass is 10.0. The van der Waals surface area contributed by atoms with E-state index in [9.17, 15) is 4.79 Å². The molecule has 1 aromatic heterocycles. The molecule has 3 rings (SSSR count). The Morgan fingerprint density at radius 1 is 0.871 bits per heavy atom. The van der Waals surface area contributed by atoms with E-state index in [2.05, 4.69) is 18.0 Å². The van der Waals surface area contributed by atoms with Gasteiger partial charge in [-0.05, 0) is 73.2 Å². The topological polar surface area (TPSA) is 63.0 Å². The second-order valence-corrected chi connectivity index (χ2v) is 7.69. The monoisotopic (exact) mass is 412 g/mol. The number of esters is 1. The molecule has 0 saturated carbocycles. The Labute approximate surface area is 184 Å². The lowest BCUT2D eigenvalue weighted by Crippen LogP contribution is -2.09. The zero-order valence-electron chi connectivity index (χ0n) is 18.0. The van der Waals surface area contributed by atoms with Crippen LogP contribution < -0.4 is 4.74 Å². The van der Waals surface area contributed by atoms with Crippen molar-refractivity contribution in [2.45, 2.75) is 51.9 Å². The number of pyridine rings is 1. The minimum absolute atomic E-state index is 0.371. The molecule has 4 heteroatoms. The summed E-state index contributed by atoms with van der Waals surface area (Å²) in [5.74, 6) is 0.0698. The highest BCUT2D eigenvalue weighted by molar-refractivity contribution is 5.91. The fourth-order valence-corrected chi connectivity index (χ4v) is 3.37. The van der Waals surface area contributed by atoms with Crippen molar-refractivity contribution in [2.75, 3.05) is 0 Å². The van der Waals surface area contributed by atoms with Gasteiger partial charge in [0.25, 0.3) is 0 Å². The van der Waals surface area contributed by atoms with Gasteiger partial charge in [0.05, 0.1) is 23.4 Å². The number of carbonyl (C=O) groups is 1. The van der Waals surface area contributed by atoms with E-state index in [0.29, 0.717) is 16.9 Å². The molecule has 0 N–H and O–H groups in total. The van der Waals surface area contributed by atoms with E-state index < -0.39 is 0 Å². The van der Waals surface area contributed by atoms with Gasteiger partial charge in [-0.25, -0.2) is 4.79 Å². The maximum Gasteiger partial charge on any atom is 0.343 e. The molecule has 0 aliphatic rings. The van der Waals surface area contributed by atoms with Gasteiger partial charge in [-0.3, -0.25) is 4.98 Å². The maximum atomic E-state index is 12.4. The Morgan fingerprint density at radius 3 is 2.23 bits per heavy atom. The number of carbonyl (C=O) groups excluding carboxylic acids is 1. The Balaban J connectivity index is 1.48. The van der Waals surface area contributed by atoms with Gasteiger partial charge in [0.15, 0.2) is 0 Å². The van der Waals surface area contributed by atoms with Gasteiger partial charge in [0.1, 0.15) is 5.75 Å². The lowest BCUT2D eigenvalue weighted by molar-refractivity contribution is 0.0734. The molecule has 0 radical (unpaired) electrons. The summed E-state index contributed by atoms with van der Waals surface area (Å²) in [4.78, 5) is 16.8. The molecule has 0 aliphatic carbocycles. The van der Waals surface area contributed by atoms with Crippen molar-refractivity contribution in [1.29, 1.82) is 5.26 Å². The van der Waals surface area contributed by atoms with Gasteiger partial charge in [-0.1, -0.05) is 50.5 Å². The average molecular weight is 413 g/mol. The molecule has 0 atom stereocenters. The van der Waals surface area contributed by atoms with Crippen LogP contribution in [0.25, 0.3) is 0 Å². The van der Waals surface area contributed by atoms with Crippen LogP contribution in [0.1, 0.15) is 65.3 Å². The summed E-state index contributed by atoms with van der Waals surface area (Å²) >= 11 is 0. The van der Waals surface area contributed by atoms with Gasteiger partial charge in [-0.15, -0.1) is 0 Å². The zero-order valence-corrected chi connectivity index (χ0v) is 18.0. The first kappa shape index (κ1) is 22.2. The molecular formula is C27H28N2O2. The molecule has 4 nitrogen and oxygen atoms in total. The summed E-state index contributed by atoms with van der Waals surface area (Å²) in [6, 6.07) is 21.0. The van der Waals surface area contributed by atoms with Gasteiger partial charge in [0.2, 0.25) is 0 Å². The summed E-state index contributed by atoms with van der Waals surface area (Å²) in [5, 5.41) is 8.86. The van der Waals surface area contributed by atoms with E-state index >= 15 is 0 Å². The van der Waals surface area contributed by atoms with Gasteiger partial charge >= 0.3 is 5.97 Å². The molecule has 1 heterocycles. The van der Waals surface area contributed by atoms with Crippen molar-refractivity contribution in [2.24, 2.45) is 0 Å². The predicted octanol–water partition coefficient (Wildman–Crippen LogP) is 6.08. The highest BCUT2D eigenvalue weighted by Gasteiger charge is 2.09. The average Bonchev–Trinajstić information content (AvgIpc) is 2.82. The van der Waals surface area contributed by atoms with Crippen LogP contribution in [0.5, 0.6) is 5.75 Å². The van der Waals surface area contributed by atoms with Crippen molar-refractivity contribution < 1.29 is 9.53 Å². The molecule has 158 valence electrons. The number of nitrogens with zero attached hydrogens (tertiary/aromatic N) is 2. The molecule has 0 aliphatic heterocycles. The summed E-state index contributed by atoms with van der Waals surface area (Å²) in [6.07, 6.45) is 9.18. The van der Waals surface area contributed by atoms with Crippen molar-refractivity contribution in [3.63, 3.8) is 0 Å². The number of unbranched alkanes of at least 4 members (excludes halogenated alkanes) is 3. The first-order valence-electron chi connectivity index (χ1n) is 10.9. The summed E-state index contributed by atoms with van der Waals surface area (Å²) in [7, 11) is 0. The Hall–Kier alpha value is -3.45. The molecule has 3 aromatic rings. The van der Waals surface area contributed by atoms with Crippen LogP contribution in [0.2, 0.25) is 0 Å². The fourth-order valence-electron chi connectivity index (χ4n) is 3.37. The van der Waals surface area contributed by atoms with Gasteiger partial charge in [-0.2, -0.15) is 5.26 Å². The highest BCUT2D eigenvalue weighted by atomic mass is 16.5. The third-order valence-corrected chi connectivity index (χ3v) is 5.27. The standard InChI is InChI=1S/C27H28N2O2/c1-2-3-4-5-6-21-11-14-24(15-12-21)27(30)31-26-18-17-25(29-20-26)16-13-22-7-9-23(19-28)10-8-22/h7-12,14-15,17-18,20H,2-6,13,16H2,1H3. The zero-order chi connectivity index (χ0) is 21.9. The third kappa shape index (κ3) is 7.08. The second kappa shape index (κ2) is 11.7. The maximum absolute atomic E-state index is 12.4. The van der Waals surface area contributed by atoms with E-state index in [0.717, 1.165) is 30.5 Å². The second-order valence-electron chi connectivity index (χ2n) is 7.69. The number of hydrogen-bond donors (Lipinski definition) is 0. The number of benzene rings is 2. The molecule has 0 unspecified atom stereocenters. The van der Waals surface area contributed by atoms with E-state index in [1.165, 1.54) is 31.2 Å². The molecular weight excluding hydrogens is 384 g/mol. The van der Waals surface area contributed by atoms with Crippen LogP contribution in [-0.2, 0) is 19.3 Å². The third-order valence-electron chi connectivity index (χ3n) is 5.27. The smallest absolute Gasteiger partial charge is 0.343 e. The Morgan fingerprint density at radius 2 is 1.58 bits per heavy atom. The highest BCUT2D eigenvalue weighted by Crippen LogP contribution is 2.15. The number of aromatic nitrogens is 1. The predicted molar refractivity (Wildman–Crippen MR) is 122 cm³/mol. The quantitative estimate of drug-likeness (QED) is 0.299. The SMILES string of the molecule is CCCCCCc1ccc(C(=O)Oc2ccc(CCc3ccc(C#N)cc3)nc2)cc1. The van der Waals surface area contributed by atoms with Crippen LogP contribution in [0.4, 0.5) is 0 Å². The molecule has 0 spiro atoms. The van der Waals surface area contributed by atoms with E-state index in [1.54, 1.807) is 12.3 Å². The summed E-state index contributed by atoms with van der Waals surface area (Å²) < 4.78 is 5.46. The normalized spacial score (nSPS) is 10.5. The van der Waals surface area contributed by atoms with Crippen molar-refractivity contribution >= 4 is 5.97 Å². The number of hydrogen-bond acceptors (Lipinski definition) is 4. The fraction of sp³-hybridized carbons (Fsp3) is 0.296. The van der Waals surface area contributed by atoms with Crippen molar-refractivity contribution in [1.82, 2.24) is 4.98 Å². The number of nitriles is 1. The van der Waals surface area contributed by atoms with Gasteiger partial charge in [0, 0.05) is 5.69 Å². The Kier molecular flexibility index (Phi) is 8.37. The number of ether oxygens (including phenoxy) is 1. The van der Waals surface area contributed by atoms with Crippen molar-refractivity contribution in [3.05, 3.63) is 94.8 Å². The van der Waals surface area contributed by atoms with Crippen LogP contribution in [0.15, 0.2) is 66.9 Å². The molecule has 0 fully saturated rings. The van der Waals surface area contributed by atoms with Crippen LogP contribution >= 0.6 is 0 Å². The van der Waals surface area contributed by atoms with Gasteiger partial charge < -0.3 is 4.74 Å². The minimum Gasteiger partial charge on any atom is -0.421 e. The lowest BCUT2D eigenvalue weighted by Gasteiger charge is -2.07. The number of aryl methyl sites for hydroxylation is 3. The Bertz CT molecular complexity index is 1000. The molecule has 0 saturated heterocycles. The van der Waals surface area contributed by atoms with Crippen LogP contribution in [0.3, 0.4) is 0 Å². The summed E-state index contributed by atoms with van der Waals surface area (Å²) in [6.45, 7) is 2.21. The minimum atomic E-state index is -0.371. The van der Waals surface area contributed by atoms with E-state index in [4.69, 9.17) is 10.00 Å². The first-order chi connectivity index (χ1) is 15.2. The van der Waals surface area contributed by atoms with E-state index in [1.807, 2.05) is 54.6 Å².